The zero-order chi connectivity index (χ0) is 31.3. The second kappa shape index (κ2) is 13.4. The summed E-state index contributed by atoms with van der Waals surface area (Å²) >= 11 is 0. The molecule has 11 heteroatoms. The maximum Gasteiger partial charge on any atom is 0.426 e. The smallest absolute Gasteiger partial charge is 0.426 e. The van der Waals surface area contributed by atoms with Crippen molar-refractivity contribution in [2.24, 2.45) is 22.2 Å². The number of hydrogen-bond acceptors (Lipinski definition) is 5. The molecule has 1 N–H and O–H groups in total. The number of aliphatic hydroxyl groups is 1. The fourth-order valence-corrected chi connectivity index (χ4v) is 3.84. The van der Waals surface area contributed by atoms with Crippen LogP contribution in [0.4, 0.5) is 26.3 Å². The number of rotatable bonds is 8. The highest BCUT2D eigenvalue weighted by molar-refractivity contribution is 5.76. The molecule has 1 rings (SSSR count). The Morgan fingerprint density at radius 3 is 1.49 bits per heavy atom. The molecule has 0 aromatic heterocycles. The van der Waals surface area contributed by atoms with E-state index < -0.39 is 41.9 Å². The monoisotopic (exact) mass is 578 g/mol. The van der Waals surface area contributed by atoms with E-state index in [0.29, 0.717) is 11.8 Å². The molecule has 0 heterocycles. The molecule has 0 aromatic carbocycles. The number of carbonyl (C=O) groups excluding carboxylic acids is 2. The molecule has 5 nitrogen and oxygen atoms in total. The van der Waals surface area contributed by atoms with Crippen LogP contribution in [0.1, 0.15) is 114 Å². The highest BCUT2D eigenvalue weighted by Gasteiger charge is 2.70. The first-order valence-electron chi connectivity index (χ1n) is 13.5. The minimum Gasteiger partial charge on any atom is -0.462 e. The van der Waals surface area contributed by atoms with Crippen LogP contribution in [-0.4, -0.2) is 47.2 Å². The van der Waals surface area contributed by atoms with E-state index in [9.17, 15) is 35.9 Å². The Morgan fingerprint density at radius 2 is 1.15 bits per heavy atom. The second-order valence-corrected chi connectivity index (χ2v) is 13.0. The van der Waals surface area contributed by atoms with Gasteiger partial charge in [-0.2, -0.15) is 26.3 Å². The summed E-state index contributed by atoms with van der Waals surface area (Å²) in [6.07, 6.45) is -9.68. The van der Waals surface area contributed by atoms with E-state index in [-0.39, 0.29) is 17.5 Å². The standard InChI is InChI=1S/C16H30O2.C12H18F6O3/c1-7-16(5,6)14(17)18-13-10-8-12(9-11-13)15(2,3)4;1-5-9(3,4)8(19)21-7(2)6-10(20,11(13,14)15)12(16,17)18/h12-13H,7-11H2,1-6H3;7,20H,5-6H2,1-4H3. The van der Waals surface area contributed by atoms with E-state index in [1.807, 2.05) is 20.8 Å². The van der Waals surface area contributed by atoms with Gasteiger partial charge in [-0.1, -0.05) is 34.6 Å². The number of alkyl halides is 6. The predicted octanol–water partition coefficient (Wildman–Crippen LogP) is 8.17. The maximum absolute atomic E-state index is 12.5. The average Bonchev–Trinajstić information content (AvgIpc) is 2.77. The normalized spacial score (nSPS) is 20.4. The molecule has 1 aliphatic rings. The first-order valence-corrected chi connectivity index (χ1v) is 13.5. The molecule has 0 aliphatic heterocycles. The summed E-state index contributed by atoms with van der Waals surface area (Å²) in [5.74, 6) is -0.181. The minimum atomic E-state index is -5.92. The van der Waals surface area contributed by atoms with Gasteiger partial charge in [0, 0.05) is 6.42 Å². The zero-order valence-corrected chi connectivity index (χ0v) is 25.0. The Bertz CT molecular complexity index is 774. The van der Waals surface area contributed by atoms with Crippen LogP contribution >= 0.6 is 0 Å². The summed E-state index contributed by atoms with van der Waals surface area (Å²) in [6, 6.07) is 0. The lowest BCUT2D eigenvalue weighted by atomic mass is 9.72. The fraction of sp³-hybridized carbons (Fsp3) is 0.929. The van der Waals surface area contributed by atoms with Crippen molar-refractivity contribution >= 4 is 11.9 Å². The van der Waals surface area contributed by atoms with Gasteiger partial charge in [0.05, 0.1) is 10.8 Å². The van der Waals surface area contributed by atoms with Gasteiger partial charge in [0.25, 0.3) is 5.60 Å². The van der Waals surface area contributed by atoms with Crippen LogP contribution in [-0.2, 0) is 19.1 Å². The molecular formula is C28H48F6O5. The number of carbonyl (C=O) groups is 2. The van der Waals surface area contributed by atoms with Crippen molar-refractivity contribution in [3.8, 4) is 0 Å². The first kappa shape index (κ1) is 37.5. The van der Waals surface area contributed by atoms with Crippen molar-refractivity contribution in [2.45, 2.75) is 144 Å². The van der Waals surface area contributed by atoms with Gasteiger partial charge < -0.3 is 14.6 Å². The predicted molar refractivity (Wildman–Crippen MR) is 137 cm³/mol. The molecule has 0 aromatic rings. The van der Waals surface area contributed by atoms with Gasteiger partial charge in [0.1, 0.15) is 12.2 Å². The Kier molecular flexibility index (Phi) is 12.9. The Balaban J connectivity index is 0.000000748. The van der Waals surface area contributed by atoms with Crippen LogP contribution in [0, 0.1) is 22.2 Å². The number of esters is 2. The topological polar surface area (TPSA) is 72.8 Å². The fourth-order valence-electron chi connectivity index (χ4n) is 3.84. The summed E-state index contributed by atoms with van der Waals surface area (Å²) in [6.45, 7) is 18.3. The lowest BCUT2D eigenvalue weighted by molar-refractivity contribution is -0.373. The molecule has 1 aliphatic carbocycles. The number of hydrogen-bond donors (Lipinski definition) is 1. The Morgan fingerprint density at radius 1 is 0.769 bits per heavy atom. The summed E-state index contributed by atoms with van der Waals surface area (Å²) in [5, 5.41) is 8.99. The van der Waals surface area contributed by atoms with Crippen molar-refractivity contribution in [3.63, 3.8) is 0 Å². The molecule has 1 saturated carbocycles. The summed E-state index contributed by atoms with van der Waals surface area (Å²) in [4.78, 5) is 23.6. The molecule has 0 bridgehead atoms. The van der Waals surface area contributed by atoms with E-state index in [1.54, 1.807) is 6.92 Å². The molecule has 1 fully saturated rings. The van der Waals surface area contributed by atoms with E-state index in [1.165, 1.54) is 26.7 Å². The van der Waals surface area contributed by atoms with E-state index in [4.69, 9.17) is 9.84 Å². The van der Waals surface area contributed by atoms with Crippen molar-refractivity contribution in [1.29, 1.82) is 0 Å². The second-order valence-electron chi connectivity index (χ2n) is 13.0. The lowest BCUT2D eigenvalue weighted by Gasteiger charge is -2.37. The SMILES string of the molecule is CCC(C)(C)C(=O)OC(C)CC(O)(C(F)(F)F)C(F)(F)F.CCC(C)(C)C(=O)OC1CCC(C(C)(C)C)CC1. The van der Waals surface area contributed by atoms with Crippen molar-refractivity contribution in [2.75, 3.05) is 0 Å². The zero-order valence-electron chi connectivity index (χ0n) is 25.0. The Hall–Kier alpha value is -1.52. The molecule has 1 atom stereocenters. The van der Waals surface area contributed by atoms with Crippen LogP contribution in [0.2, 0.25) is 0 Å². The summed E-state index contributed by atoms with van der Waals surface area (Å²) in [7, 11) is 0. The molecular weight excluding hydrogens is 530 g/mol. The first-order chi connectivity index (χ1) is 17.2. The summed E-state index contributed by atoms with van der Waals surface area (Å²) in [5.41, 5.74) is -5.91. The van der Waals surface area contributed by atoms with E-state index >= 15 is 0 Å². The largest absolute Gasteiger partial charge is 0.462 e. The van der Waals surface area contributed by atoms with Crippen LogP contribution in [0.5, 0.6) is 0 Å². The molecule has 0 radical (unpaired) electrons. The third-order valence-corrected chi connectivity index (χ3v) is 7.87. The third kappa shape index (κ3) is 10.8. The van der Waals surface area contributed by atoms with Crippen LogP contribution in [0.25, 0.3) is 0 Å². The maximum atomic E-state index is 12.5. The van der Waals surface area contributed by atoms with Gasteiger partial charge in [-0.15, -0.1) is 0 Å². The van der Waals surface area contributed by atoms with E-state index in [0.717, 1.165) is 32.1 Å². The molecule has 0 saturated heterocycles. The molecule has 232 valence electrons. The van der Waals surface area contributed by atoms with Crippen LogP contribution in [0.3, 0.4) is 0 Å². The van der Waals surface area contributed by atoms with Gasteiger partial charge in [-0.25, -0.2) is 0 Å². The molecule has 0 amide bonds. The van der Waals surface area contributed by atoms with Crippen LogP contribution < -0.4 is 0 Å². The highest BCUT2D eigenvalue weighted by Crippen LogP contribution is 2.46. The van der Waals surface area contributed by atoms with Gasteiger partial charge in [-0.05, 0) is 84.5 Å². The third-order valence-electron chi connectivity index (χ3n) is 7.87. The van der Waals surface area contributed by atoms with Crippen molar-refractivity contribution < 1.29 is 50.5 Å². The number of ether oxygens (including phenoxy) is 2. The minimum absolute atomic E-state index is 0.0239. The van der Waals surface area contributed by atoms with Gasteiger partial charge in [-0.3, -0.25) is 9.59 Å². The van der Waals surface area contributed by atoms with Crippen molar-refractivity contribution in [1.82, 2.24) is 0 Å². The van der Waals surface area contributed by atoms with Gasteiger partial charge in [0.15, 0.2) is 0 Å². The molecule has 39 heavy (non-hydrogen) atoms. The molecule has 1 unspecified atom stereocenters. The lowest BCUT2D eigenvalue weighted by Crippen LogP contribution is -2.58. The van der Waals surface area contributed by atoms with E-state index in [2.05, 4.69) is 25.5 Å². The quantitative estimate of drug-likeness (QED) is 0.232. The van der Waals surface area contributed by atoms with Crippen LogP contribution in [0.15, 0.2) is 0 Å². The highest BCUT2D eigenvalue weighted by atomic mass is 19.4. The summed E-state index contributed by atoms with van der Waals surface area (Å²) < 4.78 is 85.2. The Labute approximate surface area is 229 Å². The van der Waals surface area contributed by atoms with Gasteiger partial charge in [0.2, 0.25) is 0 Å². The molecule has 0 spiro atoms. The van der Waals surface area contributed by atoms with Gasteiger partial charge >= 0.3 is 24.3 Å². The number of halogens is 6. The van der Waals surface area contributed by atoms with Crippen molar-refractivity contribution in [3.05, 3.63) is 0 Å². The average molecular weight is 579 g/mol.